The van der Waals surface area contributed by atoms with Gasteiger partial charge in [-0.15, -0.1) is 0 Å². The van der Waals surface area contributed by atoms with Crippen LogP contribution in [-0.4, -0.2) is 29.8 Å². The molecule has 1 aromatic carbocycles. The van der Waals surface area contributed by atoms with Crippen molar-refractivity contribution in [3.8, 4) is 5.75 Å². The Labute approximate surface area is 126 Å². The molecule has 1 fully saturated rings. The highest BCUT2D eigenvalue weighted by atomic mass is 16.5. The topological polar surface area (TPSA) is 58.6 Å². The molecule has 4 heteroatoms. The molecular formula is C17H25NO3. The molecule has 1 saturated carbocycles. The zero-order valence-electron chi connectivity index (χ0n) is 12.9. The molecule has 0 heterocycles. The SMILES string of the molecule is Cc1ccc(C)c(OCC(=O)NC2CCCCCC2O)c1. The number of aryl methyl sites for hydroxylation is 2. The summed E-state index contributed by atoms with van der Waals surface area (Å²) in [5.41, 5.74) is 2.12. The van der Waals surface area contributed by atoms with E-state index in [1.165, 1.54) is 0 Å². The third-order valence-electron chi connectivity index (χ3n) is 4.03. The smallest absolute Gasteiger partial charge is 0.258 e. The van der Waals surface area contributed by atoms with Gasteiger partial charge in [-0.3, -0.25) is 4.79 Å². The summed E-state index contributed by atoms with van der Waals surface area (Å²) in [7, 11) is 0. The number of hydrogen-bond acceptors (Lipinski definition) is 3. The summed E-state index contributed by atoms with van der Waals surface area (Å²) in [6.45, 7) is 3.95. The van der Waals surface area contributed by atoms with E-state index >= 15 is 0 Å². The highest BCUT2D eigenvalue weighted by Gasteiger charge is 2.23. The molecule has 0 aromatic heterocycles. The summed E-state index contributed by atoms with van der Waals surface area (Å²) < 4.78 is 5.59. The number of amides is 1. The second-order valence-corrected chi connectivity index (χ2v) is 5.94. The molecule has 2 rings (SSSR count). The van der Waals surface area contributed by atoms with Gasteiger partial charge in [0.1, 0.15) is 5.75 Å². The number of nitrogens with one attached hydrogen (secondary N) is 1. The van der Waals surface area contributed by atoms with Crippen LogP contribution in [0.3, 0.4) is 0 Å². The average Bonchev–Trinajstić information content (AvgIpc) is 2.65. The van der Waals surface area contributed by atoms with Gasteiger partial charge in [-0.05, 0) is 43.9 Å². The van der Waals surface area contributed by atoms with E-state index in [0.29, 0.717) is 0 Å². The van der Waals surface area contributed by atoms with E-state index in [1.54, 1.807) is 0 Å². The van der Waals surface area contributed by atoms with Gasteiger partial charge < -0.3 is 15.2 Å². The number of rotatable bonds is 4. The van der Waals surface area contributed by atoms with Crippen LogP contribution in [0.1, 0.15) is 43.2 Å². The van der Waals surface area contributed by atoms with Crippen molar-refractivity contribution in [1.82, 2.24) is 5.32 Å². The number of hydrogen-bond donors (Lipinski definition) is 2. The van der Waals surface area contributed by atoms with Gasteiger partial charge in [-0.25, -0.2) is 0 Å². The van der Waals surface area contributed by atoms with E-state index in [1.807, 2.05) is 32.0 Å². The van der Waals surface area contributed by atoms with E-state index in [0.717, 1.165) is 49.0 Å². The fraction of sp³-hybridized carbons (Fsp3) is 0.588. The first-order chi connectivity index (χ1) is 10.1. The maximum absolute atomic E-state index is 12.0. The van der Waals surface area contributed by atoms with E-state index in [2.05, 4.69) is 5.32 Å². The molecule has 4 nitrogen and oxygen atoms in total. The maximum Gasteiger partial charge on any atom is 0.258 e. The molecule has 1 aromatic rings. The summed E-state index contributed by atoms with van der Waals surface area (Å²) in [6, 6.07) is 5.80. The van der Waals surface area contributed by atoms with Crippen molar-refractivity contribution >= 4 is 5.91 Å². The van der Waals surface area contributed by atoms with Gasteiger partial charge in [-0.1, -0.05) is 31.4 Å². The largest absolute Gasteiger partial charge is 0.483 e. The van der Waals surface area contributed by atoms with E-state index in [9.17, 15) is 9.90 Å². The zero-order chi connectivity index (χ0) is 15.2. The lowest BCUT2D eigenvalue weighted by atomic mass is 10.1. The Morgan fingerprint density at radius 2 is 2.05 bits per heavy atom. The highest BCUT2D eigenvalue weighted by Crippen LogP contribution is 2.20. The average molecular weight is 291 g/mol. The van der Waals surface area contributed by atoms with E-state index in [-0.39, 0.29) is 18.6 Å². The molecule has 0 spiro atoms. The van der Waals surface area contributed by atoms with Crippen molar-refractivity contribution in [1.29, 1.82) is 0 Å². The van der Waals surface area contributed by atoms with Crippen LogP contribution < -0.4 is 10.1 Å². The number of ether oxygens (including phenoxy) is 1. The zero-order valence-corrected chi connectivity index (χ0v) is 12.9. The first-order valence-corrected chi connectivity index (χ1v) is 7.74. The Balaban J connectivity index is 1.85. The highest BCUT2D eigenvalue weighted by molar-refractivity contribution is 5.78. The number of aliphatic hydroxyl groups is 1. The molecule has 0 bridgehead atoms. The predicted octanol–water partition coefficient (Wildman–Crippen LogP) is 2.49. The molecule has 2 N–H and O–H groups in total. The Kier molecular flexibility index (Phi) is 5.62. The monoisotopic (exact) mass is 291 g/mol. The van der Waals surface area contributed by atoms with Gasteiger partial charge in [-0.2, -0.15) is 0 Å². The van der Waals surface area contributed by atoms with Crippen LogP contribution in [0.25, 0.3) is 0 Å². The summed E-state index contributed by atoms with van der Waals surface area (Å²) in [5.74, 6) is 0.577. The quantitative estimate of drug-likeness (QED) is 0.838. The normalized spacial score (nSPS) is 22.4. The molecule has 2 atom stereocenters. The van der Waals surface area contributed by atoms with E-state index in [4.69, 9.17) is 4.74 Å². The molecule has 1 amide bonds. The van der Waals surface area contributed by atoms with Crippen molar-refractivity contribution < 1.29 is 14.6 Å². The van der Waals surface area contributed by atoms with Crippen LogP contribution in [0.2, 0.25) is 0 Å². The number of carbonyl (C=O) groups is 1. The Bertz CT molecular complexity index is 487. The molecule has 1 aliphatic rings. The Morgan fingerprint density at radius 3 is 2.86 bits per heavy atom. The van der Waals surface area contributed by atoms with Gasteiger partial charge in [0, 0.05) is 0 Å². The molecule has 2 unspecified atom stereocenters. The minimum Gasteiger partial charge on any atom is -0.483 e. The number of benzene rings is 1. The molecule has 21 heavy (non-hydrogen) atoms. The maximum atomic E-state index is 12.0. The summed E-state index contributed by atoms with van der Waals surface area (Å²) in [6.07, 6.45) is 4.39. The van der Waals surface area contributed by atoms with Crippen molar-refractivity contribution in [2.45, 2.75) is 58.1 Å². The van der Waals surface area contributed by atoms with Crippen LogP contribution >= 0.6 is 0 Å². The Morgan fingerprint density at radius 1 is 1.29 bits per heavy atom. The van der Waals surface area contributed by atoms with Crippen LogP contribution in [0.15, 0.2) is 18.2 Å². The second kappa shape index (κ2) is 7.46. The van der Waals surface area contributed by atoms with Crippen molar-refractivity contribution in [2.24, 2.45) is 0 Å². The first kappa shape index (κ1) is 15.8. The van der Waals surface area contributed by atoms with Gasteiger partial charge >= 0.3 is 0 Å². The van der Waals surface area contributed by atoms with Gasteiger partial charge in [0.25, 0.3) is 5.91 Å². The molecule has 0 radical (unpaired) electrons. The van der Waals surface area contributed by atoms with Crippen molar-refractivity contribution in [2.75, 3.05) is 6.61 Å². The fourth-order valence-electron chi connectivity index (χ4n) is 2.71. The van der Waals surface area contributed by atoms with Crippen LogP contribution in [0.4, 0.5) is 0 Å². The second-order valence-electron chi connectivity index (χ2n) is 5.94. The molecular weight excluding hydrogens is 266 g/mol. The van der Waals surface area contributed by atoms with E-state index < -0.39 is 6.10 Å². The van der Waals surface area contributed by atoms with Crippen LogP contribution in [0, 0.1) is 13.8 Å². The van der Waals surface area contributed by atoms with Gasteiger partial charge in [0.2, 0.25) is 0 Å². The number of aliphatic hydroxyl groups excluding tert-OH is 1. The predicted molar refractivity (Wildman–Crippen MR) is 82.4 cm³/mol. The lowest BCUT2D eigenvalue weighted by Crippen LogP contribution is -2.44. The van der Waals surface area contributed by atoms with Crippen molar-refractivity contribution in [3.05, 3.63) is 29.3 Å². The first-order valence-electron chi connectivity index (χ1n) is 7.74. The summed E-state index contributed by atoms with van der Waals surface area (Å²) in [4.78, 5) is 12.0. The molecule has 0 aliphatic heterocycles. The molecule has 0 saturated heterocycles. The van der Waals surface area contributed by atoms with Crippen LogP contribution in [-0.2, 0) is 4.79 Å². The summed E-state index contributed by atoms with van der Waals surface area (Å²) in [5, 5.41) is 12.9. The summed E-state index contributed by atoms with van der Waals surface area (Å²) >= 11 is 0. The third kappa shape index (κ3) is 4.74. The van der Waals surface area contributed by atoms with Gasteiger partial charge in [0.05, 0.1) is 12.1 Å². The van der Waals surface area contributed by atoms with Gasteiger partial charge in [0.15, 0.2) is 6.61 Å². The fourth-order valence-corrected chi connectivity index (χ4v) is 2.71. The minimum absolute atomic E-state index is 0.00644. The lowest BCUT2D eigenvalue weighted by Gasteiger charge is -2.21. The molecule has 116 valence electrons. The lowest BCUT2D eigenvalue weighted by molar-refractivity contribution is -0.124. The number of carbonyl (C=O) groups excluding carboxylic acids is 1. The minimum atomic E-state index is -0.433. The van der Waals surface area contributed by atoms with Crippen molar-refractivity contribution in [3.63, 3.8) is 0 Å². The Hall–Kier alpha value is -1.55. The third-order valence-corrected chi connectivity index (χ3v) is 4.03. The standard InChI is InChI=1S/C17H25NO3/c1-12-8-9-13(2)16(10-12)21-11-17(20)18-14-6-4-3-5-7-15(14)19/h8-10,14-15,19H,3-7,11H2,1-2H3,(H,18,20). The molecule has 1 aliphatic carbocycles. The van der Waals surface area contributed by atoms with Crippen LogP contribution in [0.5, 0.6) is 5.75 Å².